The fourth-order valence-electron chi connectivity index (χ4n) is 2.77. The number of halogens is 3. The molecule has 1 N–H and O–H groups in total. The Bertz CT molecular complexity index is 959. The summed E-state index contributed by atoms with van der Waals surface area (Å²) in [7, 11) is -4.01. The summed E-state index contributed by atoms with van der Waals surface area (Å²) in [5, 5.41) is 2.64. The quantitative estimate of drug-likeness (QED) is 0.787. The summed E-state index contributed by atoms with van der Waals surface area (Å²) in [4.78, 5) is 12.5. The first-order chi connectivity index (χ1) is 12.9. The van der Waals surface area contributed by atoms with Gasteiger partial charge in [-0.1, -0.05) is 30.3 Å². The number of benzene rings is 2. The number of rotatable bonds is 6. The second-order valence-corrected chi connectivity index (χ2v) is 8.29. The van der Waals surface area contributed by atoms with E-state index in [4.69, 9.17) is 0 Å². The van der Waals surface area contributed by atoms with E-state index >= 15 is 0 Å². The van der Waals surface area contributed by atoms with Gasteiger partial charge in [-0.2, -0.15) is 13.2 Å². The summed E-state index contributed by atoms with van der Waals surface area (Å²) in [6, 6.07) is 10.0. The Kier molecular flexibility index (Phi) is 6.38. The van der Waals surface area contributed by atoms with E-state index in [1.54, 1.807) is 0 Å². The summed E-state index contributed by atoms with van der Waals surface area (Å²) in [6.45, 7) is 3.38. The van der Waals surface area contributed by atoms with Crippen molar-refractivity contribution in [1.29, 1.82) is 0 Å². The maximum Gasteiger partial charge on any atom is 0.416 e. The van der Waals surface area contributed by atoms with Gasteiger partial charge >= 0.3 is 6.18 Å². The Morgan fingerprint density at radius 1 is 1.14 bits per heavy atom. The molecule has 0 radical (unpaired) electrons. The van der Waals surface area contributed by atoms with Crippen molar-refractivity contribution in [3.05, 3.63) is 65.2 Å². The largest absolute Gasteiger partial charge is 0.416 e. The van der Waals surface area contributed by atoms with Gasteiger partial charge in [0.1, 0.15) is 6.04 Å². The molecule has 1 amide bonds. The van der Waals surface area contributed by atoms with Gasteiger partial charge in [0.2, 0.25) is 15.9 Å². The number of alkyl halides is 3. The molecule has 0 unspecified atom stereocenters. The average Bonchev–Trinajstić information content (AvgIpc) is 2.59. The summed E-state index contributed by atoms with van der Waals surface area (Å²) >= 11 is 0. The molecule has 0 aromatic heterocycles. The smallest absolute Gasteiger partial charge is 0.350 e. The van der Waals surface area contributed by atoms with Gasteiger partial charge in [0, 0.05) is 6.54 Å². The molecule has 0 heterocycles. The van der Waals surface area contributed by atoms with Crippen LogP contribution in [0.4, 0.5) is 18.9 Å². The highest BCUT2D eigenvalue weighted by Crippen LogP contribution is 2.32. The number of carbonyl (C=O) groups is 1. The molecular weight excluding hydrogens is 393 g/mol. The molecule has 0 aliphatic heterocycles. The number of hydrogen-bond donors (Lipinski definition) is 1. The fourth-order valence-corrected chi connectivity index (χ4v) is 3.93. The lowest BCUT2D eigenvalue weighted by molar-refractivity contribution is -0.137. The van der Waals surface area contributed by atoms with Crippen LogP contribution in [0.5, 0.6) is 0 Å². The zero-order chi connectivity index (χ0) is 21.1. The molecule has 2 rings (SSSR count). The molecule has 152 valence electrons. The van der Waals surface area contributed by atoms with Gasteiger partial charge < -0.3 is 5.32 Å². The topological polar surface area (TPSA) is 66.5 Å². The van der Waals surface area contributed by atoms with Crippen molar-refractivity contribution in [3.63, 3.8) is 0 Å². The van der Waals surface area contributed by atoms with Gasteiger partial charge in [-0.25, -0.2) is 8.42 Å². The first-order valence-corrected chi connectivity index (χ1v) is 10.2. The van der Waals surface area contributed by atoms with E-state index in [9.17, 15) is 26.4 Å². The zero-order valence-electron chi connectivity index (χ0n) is 15.6. The van der Waals surface area contributed by atoms with Crippen molar-refractivity contribution in [3.8, 4) is 0 Å². The van der Waals surface area contributed by atoms with Crippen LogP contribution in [0.15, 0.2) is 48.5 Å². The molecule has 0 saturated carbocycles. The van der Waals surface area contributed by atoms with Crippen LogP contribution in [0.1, 0.15) is 23.6 Å². The van der Waals surface area contributed by atoms with Gasteiger partial charge in [-0.05, 0) is 43.2 Å². The van der Waals surface area contributed by atoms with Crippen molar-refractivity contribution >= 4 is 21.6 Å². The van der Waals surface area contributed by atoms with Crippen LogP contribution in [0.2, 0.25) is 0 Å². The van der Waals surface area contributed by atoms with Crippen LogP contribution in [-0.2, 0) is 27.5 Å². The van der Waals surface area contributed by atoms with E-state index in [0.29, 0.717) is 10.4 Å². The Labute approximate surface area is 162 Å². The minimum Gasteiger partial charge on any atom is -0.350 e. The Morgan fingerprint density at radius 3 is 2.36 bits per heavy atom. The van der Waals surface area contributed by atoms with Crippen LogP contribution in [0.3, 0.4) is 0 Å². The minimum atomic E-state index is -4.63. The summed E-state index contributed by atoms with van der Waals surface area (Å²) in [6.07, 6.45) is -3.78. The molecule has 5 nitrogen and oxygen atoms in total. The summed E-state index contributed by atoms with van der Waals surface area (Å²) < 4.78 is 64.1. The summed E-state index contributed by atoms with van der Waals surface area (Å²) in [5.74, 6) is -0.619. The molecule has 2 aromatic rings. The average molecular weight is 414 g/mol. The van der Waals surface area contributed by atoms with E-state index in [1.165, 1.54) is 13.0 Å². The Balaban J connectivity index is 2.28. The second kappa shape index (κ2) is 8.22. The maximum absolute atomic E-state index is 13.0. The Hall–Kier alpha value is -2.55. The molecule has 0 fully saturated rings. The Morgan fingerprint density at radius 2 is 1.79 bits per heavy atom. The van der Waals surface area contributed by atoms with Crippen LogP contribution in [-0.4, -0.2) is 26.6 Å². The lowest BCUT2D eigenvalue weighted by Crippen LogP contribution is -2.47. The van der Waals surface area contributed by atoms with Crippen molar-refractivity contribution in [2.45, 2.75) is 32.6 Å². The van der Waals surface area contributed by atoms with E-state index in [-0.39, 0.29) is 12.2 Å². The molecule has 0 spiro atoms. The number of amides is 1. The van der Waals surface area contributed by atoms with Gasteiger partial charge in [0.25, 0.3) is 0 Å². The number of nitrogens with zero attached hydrogens (tertiary/aromatic N) is 1. The van der Waals surface area contributed by atoms with E-state index in [0.717, 1.165) is 29.5 Å². The number of carbonyl (C=O) groups excluding carboxylic acids is 1. The second-order valence-electron chi connectivity index (χ2n) is 6.43. The molecular formula is C19H21F3N2O3S. The van der Waals surface area contributed by atoms with E-state index in [2.05, 4.69) is 5.32 Å². The first-order valence-electron chi connectivity index (χ1n) is 8.40. The lowest BCUT2D eigenvalue weighted by atomic mass is 10.1. The minimum absolute atomic E-state index is 0.177. The molecule has 28 heavy (non-hydrogen) atoms. The number of hydrogen-bond acceptors (Lipinski definition) is 3. The van der Waals surface area contributed by atoms with Crippen molar-refractivity contribution < 1.29 is 26.4 Å². The normalized spacial score (nSPS) is 13.1. The van der Waals surface area contributed by atoms with Crippen molar-refractivity contribution in [1.82, 2.24) is 5.32 Å². The highest BCUT2D eigenvalue weighted by Gasteiger charge is 2.34. The molecule has 1 atom stereocenters. The molecule has 0 bridgehead atoms. The first kappa shape index (κ1) is 21.7. The fraction of sp³-hybridized carbons (Fsp3) is 0.316. The number of anilines is 1. The predicted octanol–water partition coefficient (Wildman–Crippen LogP) is 3.48. The monoisotopic (exact) mass is 414 g/mol. The number of nitrogens with one attached hydrogen (secondary N) is 1. The highest BCUT2D eigenvalue weighted by molar-refractivity contribution is 7.92. The maximum atomic E-state index is 13.0. The summed E-state index contributed by atoms with van der Waals surface area (Å²) in [5.41, 5.74) is 0.586. The number of aryl methyl sites for hydroxylation is 1. The third-order valence-electron chi connectivity index (χ3n) is 4.23. The molecule has 0 aliphatic rings. The number of sulfonamides is 1. The van der Waals surface area contributed by atoms with Crippen molar-refractivity contribution in [2.24, 2.45) is 0 Å². The highest BCUT2D eigenvalue weighted by atomic mass is 32.2. The van der Waals surface area contributed by atoms with Crippen molar-refractivity contribution in [2.75, 3.05) is 10.6 Å². The predicted molar refractivity (Wildman–Crippen MR) is 101 cm³/mol. The molecule has 0 aliphatic carbocycles. The van der Waals surface area contributed by atoms with Crippen LogP contribution in [0.25, 0.3) is 0 Å². The third kappa shape index (κ3) is 5.25. The van der Waals surface area contributed by atoms with E-state index in [1.807, 2.05) is 31.2 Å². The standard InChI is InChI=1S/C19H21F3N2O3S/c1-13-7-4-5-8-15(13)12-23-18(25)14(2)24(28(3,26)27)17-10-6-9-16(11-17)19(20,21)22/h4-11,14H,12H2,1-3H3,(H,23,25)/t14-/m1/s1. The molecule has 0 saturated heterocycles. The van der Waals surface area contributed by atoms with Crippen LogP contribution in [0, 0.1) is 6.92 Å². The lowest BCUT2D eigenvalue weighted by Gasteiger charge is -2.28. The molecule has 2 aromatic carbocycles. The van der Waals surface area contributed by atoms with Gasteiger partial charge in [-0.3, -0.25) is 9.10 Å². The van der Waals surface area contributed by atoms with Crippen LogP contribution >= 0.6 is 0 Å². The molecule has 9 heteroatoms. The van der Waals surface area contributed by atoms with Crippen LogP contribution < -0.4 is 9.62 Å². The van der Waals surface area contributed by atoms with E-state index < -0.39 is 33.7 Å². The van der Waals surface area contributed by atoms with Gasteiger partial charge in [0.15, 0.2) is 0 Å². The SMILES string of the molecule is Cc1ccccc1CNC(=O)[C@@H](C)N(c1cccc(C(F)(F)F)c1)S(C)(=O)=O. The zero-order valence-corrected chi connectivity index (χ0v) is 16.4. The van der Waals surface area contributed by atoms with Gasteiger partial charge in [-0.15, -0.1) is 0 Å². The third-order valence-corrected chi connectivity index (χ3v) is 5.47. The van der Waals surface area contributed by atoms with Gasteiger partial charge in [0.05, 0.1) is 17.5 Å².